The van der Waals surface area contributed by atoms with Crippen molar-refractivity contribution in [2.45, 2.75) is 83.1 Å². The molecule has 0 radical (unpaired) electrons. The Balaban J connectivity index is 0.811. The van der Waals surface area contributed by atoms with Crippen LogP contribution in [-0.2, 0) is 16.1 Å². The number of imide groups is 2. The monoisotopic (exact) mass is 773 g/mol. The number of piperidine rings is 1. The lowest BCUT2D eigenvalue weighted by Gasteiger charge is -2.43. The van der Waals surface area contributed by atoms with Crippen molar-refractivity contribution >= 4 is 52.5 Å². The number of carbonyl (C=O) groups excluding carboxylic acids is 6. The van der Waals surface area contributed by atoms with E-state index >= 15 is 0 Å². The molecule has 0 bridgehead atoms. The van der Waals surface area contributed by atoms with Crippen LogP contribution >= 0.6 is 0 Å². The first kappa shape index (κ1) is 36.5. The molecule has 9 rings (SSSR count). The highest BCUT2D eigenvalue weighted by Crippen LogP contribution is 2.39. The smallest absolute Gasteiger partial charge is 0.262 e. The molecule has 6 heterocycles. The number of anilines is 2. The third-order valence-corrected chi connectivity index (χ3v) is 11.9. The van der Waals surface area contributed by atoms with Crippen LogP contribution in [0.4, 0.5) is 11.4 Å². The van der Waals surface area contributed by atoms with Gasteiger partial charge in [0.25, 0.3) is 23.6 Å². The van der Waals surface area contributed by atoms with Crippen LogP contribution in [0, 0.1) is 0 Å². The van der Waals surface area contributed by atoms with Gasteiger partial charge in [-0.2, -0.15) is 5.10 Å². The van der Waals surface area contributed by atoms with Gasteiger partial charge < -0.3 is 19.9 Å². The molecule has 1 saturated carbocycles. The van der Waals surface area contributed by atoms with Gasteiger partial charge in [-0.1, -0.05) is 0 Å². The Morgan fingerprint density at radius 2 is 1.63 bits per heavy atom. The molecule has 2 aromatic heterocycles. The topological polar surface area (TPSA) is 179 Å². The molecule has 4 aromatic rings. The number of carbonyl (C=O) groups is 6. The summed E-state index contributed by atoms with van der Waals surface area (Å²) in [6.45, 7) is 7.46. The molecule has 2 saturated heterocycles. The summed E-state index contributed by atoms with van der Waals surface area (Å²) in [4.78, 5) is 89.9. The van der Waals surface area contributed by atoms with Crippen molar-refractivity contribution in [2.24, 2.45) is 0 Å². The molecule has 6 amide bonds. The molecule has 3 fully saturated rings. The fourth-order valence-corrected chi connectivity index (χ4v) is 9.02. The van der Waals surface area contributed by atoms with Crippen molar-refractivity contribution < 1.29 is 33.5 Å². The van der Waals surface area contributed by atoms with Crippen LogP contribution < -0.4 is 20.3 Å². The van der Waals surface area contributed by atoms with E-state index in [9.17, 15) is 28.8 Å². The average molecular weight is 774 g/mol. The predicted molar refractivity (Wildman–Crippen MR) is 206 cm³/mol. The number of aromatic nitrogens is 3. The second-order valence-corrected chi connectivity index (χ2v) is 15.7. The summed E-state index contributed by atoms with van der Waals surface area (Å²) in [6, 6.07) is 10.1. The lowest BCUT2D eigenvalue weighted by atomic mass is 9.89. The maximum Gasteiger partial charge on any atom is 0.262 e. The zero-order valence-corrected chi connectivity index (χ0v) is 31.8. The summed E-state index contributed by atoms with van der Waals surface area (Å²) in [5.74, 6) is -1.98. The van der Waals surface area contributed by atoms with Crippen molar-refractivity contribution in [2.75, 3.05) is 36.4 Å². The second kappa shape index (κ2) is 14.4. The summed E-state index contributed by atoms with van der Waals surface area (Å²) < 4.78 is 7.64. The van der Waals surface area contributed by atoms with Crippen LogP contribution in [0.5, 0.6) is 5.75 Å². The van der Waals surface area contributed by atoms with E-state index in [1.54, 1.807) is 41.2 Å². The fraction of sp³-hybridized carbons (Fsp3) is 0.415. The number of nitrogens with one attached hydrogen (secondary N) is 2. The highest BCUT2D eigenvalue weighted by Gasteiger charge is 2.45. The lowest BCUT2D eigenvalue weighted by molar-refractivity contribution is -0.136. The van der Waals surface area contributed by atoms with E-state index in [0.29, 0.717) is 40.8 Å². The van der Waals surface area contributed by atoms with Gasteiger partial charge in [-0.15, -0.1) is 0 Å². The number of piperazine rings is 1. The van der Waals surface area contributed by atoms with E-state index in [-0.39, 0.29) is 47.9 Å². The predicted octanol–water partition coefficient (Wildman–Crippen LogP) is 3.26. The Kier molecular flexibility index (Phi) is 9.22. The van der Waals surface area contributed by atoms with E-state index < -0.39 is 29.7 Å². The van der Waals surface area contributed by atoms with Crippen molar-refractivity contribution in [3.63, 3.8) is 0 Å². The maximum absolute atomic E-state index is 13.9. The number of hydrogen-bond acceptors (Lipinski definition) is 11. The van der Waals surface area contributed by atoms with Crippen LogP contribution in [0.15, 0.2) is 55.0 Å². The zero-order valence-electron chi connectivity index (χ0n) is 31.8. The number of hydrogen-bond donors (Lipinski definition) is 2. The van der Waals surface area contributed by atoms with E-state index in [1.807, 2.05) is 30.9 Å². The van der Waals surface area contributed by atoms with Crippen LogP contribution in [-0.4, -0.2) is 115 Å². The zero-order chi connectivity index (χ0) is 39.5. The summed E-state index contributed by atoms with van der Waals surface area (Å²) in [5, 5.41) is 9.46. The van der Waals surface area contributed by atoms with Gasteiger partial charge in [0.1, 0.15) is 17.4 Å². The molecule has 16 heteroatoms. The van der Waals surface area contributed by atoms with Gasteiger partial charge in [0.05, 0.1) is 29.1 Å². The van der Waals surface area contributed by atoms with E-state index in [0.717, 1.165) is 68.0 Å². The first-order chi connectivity index (χ1) is 27.5. The molecule has 16 nitrogen and oxygen atoms in total. The highest BCUT2D eigenvalue weighted by atomic mass is 16.5. The average Bonchev–Trinajstić information content (AvgIpc) is 3.86. The van der Waals surface area contributed by atoms with Crippen molar-refractivity contribution in [1.29, 1.82) is 0 Å². The van der Waals surface area contributed by atoms with Gasteiger partial charge in [-0.05, 0) is 87.9 Å². The minimum atomic E-state index is -0.992. The number of ether oxygens (including phenoxy) is 1. The molecule has 2 aromatic carbocycles. The molecule has 0 spiro atoms. The third-order valence-electron chi connectivity index (χ3n) is 11.9. The number of benzene rings is 2. The number of amides is 6. The molecule has 4 aliphatic heterocycles. The Morgan fingerprint density at radius 1 is 0.877 bits per heavy atom. The molecule has 2 N–H and O–H groups in total. The number of nitrogens with zero attached hydrogens (tertiary/aromatic N) is 7. The largest absolute Gasteiger partial charge is 0.489 e. The SMILES string of the molecule is CC(C)Oc1cc2c(cc1NC(=O)c1cnn3cccnc13)CN([C@H]1CC[C@@H](N3CCN(c4ccc5c(c4)C(=O)N(C4CCC(=O)NC4=O)C5=O)CC3)CC1)C2=O. The molecule has 57 heavy (non-hydrogen) atoms. The van der Waals surface area contributed by atoms with Gasteiger partial charge in [0, 0.05) is 74.9 Å². The van der Waals surface area contributed by atoms with Crippen molar-refractivity contribution in [1.82, 2.24) is 34.6 Å². The minimum absolute atomic E-state index is 0.0184. The summed E-state index contributed by atoms with van der Waals surface area (Å²) in [7, 11) is 0. The molecular formula is C41H43N9O7. The van der Waals surface area contributed by atoms with Gasteiger partial charge in [0.2, 0.25) is 11.8 Å². The first-order valence-electron chi connectivity index (χ1n) is 19.6. The minimum Gasteiger partial charge on any atom is -0.489 e. The highest BCUT2D eigenvalue weighted by molar-refractivity contribution is 6.23. The van der Waals surface area contributed by atoms with E-state index in [1.165, 1.54) is 6.20 Å². The molecule has 1 aliphatic carbocycles. The van der Waals surface area contributed by atoms with Gasteiger partial charge in [0.15, 0.2) is 5.65 Å². The fourth-order valence-electron chi connectivity index (χ4n) is 9.02. The summed E-state index contributed by atoms with van der Waals surface area (Å²) in [6.07, 6.45) is 8.54. The van der Waals surface area contributed by atoms with Crippen LogP contribution in [0.25, 0.3) is 5.65 Å². The van der Waals surface area contributed by atoms with E-state index in [4.69, 9.17) is 4.74 Å². The van der Waals surface area contributed by atoms with Crippen LogP contribution in [0.1, 0.15) is 99.4 Å². The van der Waals surface area contributed by atoms with Gasteiger partial charge in [-0.25, -0.2) is 9.50 Å². The molecule has 1 unspecified atom stereocenters. The Morgan fingerprint density at radius 3 is 2.39 bits per heavy atom. The van der Waals surface area contributed by atoms with Crippen molar-refractivity contribution in [3.8, 4) is 5.75 Å². The lowest BCUT2D eigenvalue weighted by Crippen LogP contribution is -2.54. The van der Waals surface area contributed by atoms with Crippen LogP contribution in [0.3, 0.4) is 0 Å². The molecule has 294 valence electrons. The Labute approximate surface area is 328 Å². The quantitative estimate of drug-likeness (QED) is 0.251. The Hall–Kier alpha value is -6.16. The molecular weight excluding hydrogens is 731 g/mol. The first-order valence-corrected chi connectivity index (χ1v) is 19.6. The standard InChI is InChI=1S/C41H43N9O7/c1-23(2)57-34-20-29-24(18-32(34)44-37(52)31-21-43-49-13-3-12-42-36(31)49)22-48(39(29)54)26-6-4-25(5-7-26)46-14-16-47(17-15-46)27-8-9-28-30(19-27)41(56)50(40(28)55)33-10-11-35(51)45-38(33)53/h3,8-9,12-13,18-21,23,25-26,33H,4-7,10-11,14-17,22H2,1-2H3,(H,44,52)(H,45,51,53)/t25-,26+,33?. The second-order valence-electron chi connectivity index (χ2n) is 15.7. The summed E-state index contributed by atoms with van der Waals surface area (Å²) >= 11 is 0. The number of rotatable bonds is 8. The normalized spacial score (nSPS) is 22.7. The van der Waals surface area contributed by atoms with Crippen LogP contribution in [0.2, 0.25) is 0 Å². The maximum atomic E-state index is 13.9. The number of fused-ring (bicyclic) bond motifs is 3. The van der Waals surface area contributed by atoms with E-state index in [2.05, 4.69) is 30.5 Å². The van der Waals surface area contributed by atoms with Crippen molar-refractivity contribution in [3.05, 3.63) is 82.8 Å². The molecule has 5 aliphatic rings. The van der Waals surface area contributed by atoms with Gasteiger partial charge >= 0.3 is 0 Å². The van der Waals surface area contributed by atoms with Gasteiger partial charge in [-0.3, -0.25) is 43.9 Å². The summed E-state index contributed by atoms with van der Waals surface area (Å²) in [5.41, 5.74) is 4.13. The Bertz CT molecular complexity index is 2340. The molecule has 1 atom stereocenters. The third kappa shape index (κ3) is 6.56.